The molecule has 72 heavy (non-hydrogen) atoms. The molecule has 0 bridgehead atoms. The van der Waals surface area contributed by atoms with Crippen molar-refractivity contribution in [2.24, 2.45) is 0 Å². The zero-order chi connectivity index (χ0) is 54.1. The highest BCUT2D eigenvalue weighted by atomic mass is 16.5. The third-order valence-corrected chi connectivity index (χ3v) is 12.3. The van der Waals surface area contributed by atoms with Crippen LogP contribution in [0.25, 0.3) is 0 Å². The van der Waals surface area contributed by atoms with Crippen LogP contribution < -0.4 is 10.6 Å². The number of aliphatic hydroxyl groups is 10. The quantitative estimate of drug-likeness (QED) is 0.0287. The summed E-state index contributed by atoms with van der Waals surface area (Å²) in [6.07, 6.45) is 3.07. The van der Waals surface area contributed by atoms with Gasteiger partial charge in [0.15, 0.2) is 12.2 Å². The van der Waals surface area contributed by atoms with Crippen LogP contribution in [0.5, 0.6) is 0 Å². The van der Waals surface area contributed by atoms with E-state index in [2.05, 4.69) is 24.5 Å². The molecule has 8 atom stereocenters. The van der Waals surface area contributed by atoms with Crippen molar-refractivity contribution in [1.29, 1.82) is 0 Å². The van der Waals surface area contributed by atoms with Crippen molar-refractivity contribution in [3.8, 4) is 0 Å². The van der Waals surface area contributed by atoms with E-state index in [1.165, 1.54) is 74.0 Å². The summed E-state index contributed by atoms with van der Waals surface area (Å²) in [4.78, 5) is 80.1. The molecule has 422 valence electrons. The fourth-order valence-corrected chi connectivity index (χ4v) is 7.62. The van der Waals surface area contributed by atoms with Crippen LogP contribution >= 0.6 is 0 Å². The first-order valence-electron chi connectivity index (χ1n) is 26.5. The molecule has 0 aromatic carbocycles. The number of esters is 2. The van der Waals surface area contributed by atoms with E-state index in [0.717, 1.165) is 38.5 Å². The van der Waals surface area contributed by atoms with E-state index in [9.17, 15) is 69.6 Å². The fraction of sp³-hybridized carbons (Fsp3) is 0.880. The number of carbonyl (C=O) groups is 6. The Labute approximate surface area is 426 Å². The molecule has 0 spiro atoms. The minimum absolute atomic E-state index is 0.0253. The SMILES string of the molecule is CCCCCCCCCCCC(=O)OCCN(CCOC(=O)CCCCCCCCCCC)C(=O)CCC(=O)N(CCCNC(=O)C(O)C(O)C(O)C(O)CO)CCCNC(=O)C(O)C(O)C(O)C(O)CO. The summed E-state index contributed by atoms with van der Waals surface area (Å²) in [6, 6.07) is 0. The summed E-state index contributed by atoms with van der Waals surface area (Å²) >= 11 is 0. The van der Waals surface area contributed by atoms with E-state index in [-0.39, 0.29) is 91.0 Å². The Balaban J connectivity index is 5.67. The molecule has 0 aromatic heterocycles. The van der Waals surface area contributed by atoms with Crippen LogP contribution in [0.15, 0.2) is 0 Å². The summed E-state index contributed by atoms with van der Waals surface area (Å²) in [5.74, 6) is -4.08. The molecule has 0 heterocycles. The van der Waals surface area contributed by atoms with E-state index in [1.807, 2.05) is 0 Å². The van der Waals surface area contributed by atoms with Gasteiger partial charge < -0.3 is 81.0 Å². The van der Waals surface area contributed by atoms with Crippen molar-refractivity contribution < 1.29 is 89.3 Å². The number of rotatable bonds is 47. The van der Waals surface area contributed by atoms with Crippen LogP contribution in [-0.2, 0) is 38.2 Å². The number of hydrogen-bond donors (Lipinski definition) is 12. The van der Waals surface area contributed by atoms with Crippen LogP contribution in [0, 0.1) is 0 Å². The molecular weight excluding hydrogens is 945 g/mol. The van der Waals surface area contributed by atoms with E-state index < -0.39 is 97.6 Å². The predicted molar refractivity (Wildman–Crippen MR) is 265 cm³/mol. The van der Waals surface area contributed by atoms with Crippen LogP contribution in [0.3, 0.4) is 0 Å². The average Bonchev–Trinajstić information content (AvgIpc) is 3.38. The molecule has 0 aliphatic heterocycles. The number of nitrogens with zero attached hydrogens (tertiary/aromatic N) is 2. The number of unbranched alkanes of at least 4 members (excludes halogenated alkanes) is 16. The van der Waals surface area contributed by atoms with Crippen LogP contribution in [-0.4, -0.2) is 211 Å². The predicted octanol–water partition coefficient (Wildman–Crippen LogP) is 0.236. The maximum atomic E-state index is 13.7. The third-order valence-electron chi connectivity index (χ3n) is 12.3. The second-order valence-corrected chi connectivity index (χ2v) is 18.5. The van der Waals surface area contributed by atoms with Gasteiger partial charge in [-0.15, -0.1) is 0 Å². The van der Waals surface area contributed by atoms with Gasteiger partial charge in [-0.2, -0.15) is 0 Å². The van der Waals surface area contributed by atoms with E-state index in [0.29, 0.717) is 12.8 Å². The second kappa shape index (κ2) is 43.8. The van der Waals surface area contributed by atoms with Gasteiger partial charge in [0.25, 0.3) is 11.8 Å². The molecule has 8 unspecified atom stereocenters. The van der Waals surface area contributed by atoms with E-state index in [4.69, 9.17) is 19.7 Å². The Kier molecular flexibility index (Phi) is 41.6. The van der Waals surface area contributed by atoms with Crippen molar-refractivity contribution in [2.45, 2.75) is 217 Å². The standard InChI is InChI=1S/C50H94N4O18/c1-3-5-7-9-11-13-15-17-19-23-41(61)71-33-31-54(32-34-72-42(62)24-20-18-16-14-12-10-8-6-4-2)40(60)26-25-39(59)53(29-21-27-51-49(69)47(67)45(65)43(63)37(57)35-55)30-22-28-52-50(70)48(68)46(66)44(64)38(58)36-56/h37-38,43-48,55-58,63-68H,3-36H2,1-2H3,(H,51,69)(H,52,70). The van der Waals surface area contributed by atoms with E-state index >= 15 is 0 Å². The number of hydrogen-bond acceptors (Lipinski definition) is 18. The van der Waals surface area contributed by atoms with Crippen LogP contribution in [0.1, 0.15) is 168 Å². The summed E-state index contributed by atoms with van der Waals surface area (Å²) in [5.41, 5.74) is 0. The summed E-state index contributed by atoms with van der Waals surface area (Å²) in [6.45, 7) is 1.72. The minimum atomic E-state index is -2.19. The first-order chi connectivity index (χ1) is 34.5. The fourth-order valence-electron chi connectivity index (χ4n) is 7.62. The molecule has 4 amide bonds. The maximum Gasteiger partial charge on any atom is 0.305 e. The topological polar surface area (TPSA) is 354 Å². The van der Waals surface area contributed by atoms with Gasteiger partial charge >= 0.3 is 11.9 Å². The highest BCUT2D eigenvalue weighted by molar-refractivity contribution is 5.84. The zero-order valence-electron chi connectivity index (χ0n) is 43.3. The van der Waals surface area contributed by atoms with Gasteiger partial charge in [-0.1, -0.05) is 117 Å². The molecule has 0 aromatic rings. The normalized spacial score (nSPS) is 14.8. The molecule has 22 heteroatoms. The maximum absolute atomic E-state index is 13.7. The Bertz CT molecular complexity index is 1360. The lowest BCUT2D eigenvalue weighted by molar-refractivity contribution is -0.149. The minimum Gasteiger partial charge on any atom is -0.464 e. The molecule has 0 radical (unpaired) electrons. The van der Waals surface area contributed by atoms with Crippen LogP contribution in [0.2, 0.25) is 0 Å². The highest BCUT2D eigenvalue weighted by Gasteiger charge is 2.35. The molecule has 0 aliphatic carbocycles. The Hall–Kier alpha value is -3.58. The average molecular weight is 1040 g/mol. The Morgan fingerprint density at radius 2 is 0.708 bits per heavy atom. The van der Waals surface area contributed by atoms with Crippen molar-refractivity contribution >= 4 is 35.6 Å². The van der Waals surface area contributed by atoms with Gasteiger partial charge in [-0.3, -0.25) is 28.8 Å². The number of amides is 4. The molecule has 12 N–H and O–H groups in total. The molecule has 0 rings (SSSR count). The van der Waals surface area contributed by atoms with Crippen molar-refractivity contribution in [1.82, 2.24) is 20.4 Å². The van der Waals surface area contributed by atoms with Gasteiger partial charge in [0.2, 0.25) is 11.8 Å². The smallest absolute Gasteiger partial charge is 0.305 e. The lowest BCUT2D eigenvalue weighted by atomic mass is 10.0. The molecule has 0 saturated heterocycles. The van der Waals surface area contributed by atoms with Crippen molar-refractivity contribution in [3.63, 3.8) is 0 Å². The Morgan fingerprint density at radius 1 is 0.403 bits per heavy atom. The lowest BCUT2D eigenvalue weighted by Crippen LogP contribution is -2.52. The number of carbonyl (C=O) groups excluding carboxylic acids is 6. The van der Waals surface area contributed by atoms with Gasteiger partial charge in [0, 0.05) is 51.9 Å². The first-order valence-corrected chi connectivity index (χ1v) is 26.5. The zero-order valence-corrected chi connectivity index (χ0v) is 43.3. The summed E-state index contributed by atoms with van der Waals surface area (Å²) < 4.78 is 10.9. The summed E-state index contributed by atoms with van der Waals surface area (Å²) in [5, 5.41) is 102. The summed E-state index contributed by atoms with van der Waals surface area (Å²) in [7, 11) is 0. The largest absolute Gasteiger partial charge is 0.464 e. The van der Waals surface area contributed by atoms with Crippen molar-refractivity contribution in [2.75, 3.05) is 65.7 Å². The third kappa shape index (κ3) is 32.6. The number of ether oxygens (including phenoxy) is 2. The number of aliphatic hydroxyl groups excluding tert-OH is 10. The Morgan fingerprint density at radius 3 is 1.03 bits per heavy atom. The van der Waals surface area contributed by atoms with Gasteiger partial charge in [0.1, 0.15) is 49.8 Å². The molecule has 22 nitrogen and oxygen atoms in total. The van der Waals surface area contributed by atoms with E-state index in [1.54, 1.807) is 0 Å². The van der Waals surface area contributed by atoms with Crippen LogP contribution in [0.4, 0.5) is 0 Å². The molecule has 0 aliphatic rings. The van der Waals surface area contributed by atoms with Gasteiger partial charge in [-0.25, -0.2) is 0 Å². The highest BCUT2D eigenvalue weighted by Crippen LogP contribution is 2.14. The van der Waals surface area contributed by atoms with Gasteiger partial charge in [0.05, 0.1) is 26.3 Å². The van der Waals surface area contributed by atoms with Crippen molar-refractivity contribution in [3.05, 3.63) is 0 Å². The molecule has 0 fully saturated rings. The second-order valence-electron chi connectivity index (χ2n) is 18.5. The molecular formula is C50H94N4O18. The first kappa shape index (κ1) is 68.4. The van der Waals surface area contributed by atoms with Gasteiger partial charge in [-0.05, 0) is 25.7 Å². The molecule has 0 saturated carbocycles. The lowest BCUT2D eigenvalue weighted by Gasteiger charge is -2.26. The monoisotopic (exact) mass is 1040 g/mol. The number of nitrogens with one attached hydrogen (secondary N) is 2.